The van der Waals surface area contributed by atoms with Gasteiger partial charge in [-0.2, -0.15) is 0 Å². The van der Waals surface area contributed by atoms with Gasteiger partial charge in [-0.25, -0.2) is 0 Å². The molecule has 0 N–H and O–H groups in total. The van der Waals surface area contributed by atoms with E-state index in [4.69, 9.17) is 18.9 Å². The molecule has 0 amide bonds. The van der Waals surface area contributed by atoms with E-state index in [-0.39, 0.29) is 6.29 Å². The number of methoxy groups -OCH3 is 2. The van der Waals surface area contributed by atoms with E-state index in [1.54, 1.807) is 14.2 Å². The Morgan fingerprint density at radius 2 is 1.27 bits per heavy atom. The Balaban J connectivity index is 3.29. The van der Waals surface area contributed by atoms with Gasteiger partial charge in [0.15, 0.2) is 6.29 Å². The molecule has 0 heterocycles. The van der Waals surface area contributed by atoms with E-state index in [1.165, 1.54) is 0 Å². The monoisotopic (exact) mass is 220 g/mol. The van der Waals surface area contributed by atoms with Crippen LogP contribution in [0.2, 0.25) is 0 Å². The van der Waals surface area contributed by atoms with Gasteiger partial charge in [-0.1, -0.05) is 6.92 Å². The predicted octanol–water partition coefficient (Wildman–Crippen LogP) is 1.83. The van der Waals surface area contributed by atoms with Gasteiger partial charge in [-0.3, -0.25) is 0 Å². The van der Waals surface area contributed by atoms with Gasteiger partial charge < -0.3 is 18.9 Å². The third kappa shape index (κ3) is 10.1. The predicted molar refractivity (Wildman–Crippen MR) is 59.0 cm³/mol. The number of hydrogen-bond acceptors (Lipinski definition) is 4. The molecule has 0 bridgehead atoms. The van der Waals surface area contributed by atoms with Crippen LogP contribution in [0.5, 0.6) is 0 Å². The largest absolute Gasteiger partial charge is 0.385 e. The lowest BCUT2D eigenvalue weighted by molar-refractivity contribution is -0.147. The minimum Gasteiger partial charge on any atom is -0.385 e. The third-order valence-corrected chi connectivity index (χ3v) is 1.93. The zero-order valence-electron chi connectivity index (χ0n) is 10.2. The average molecular weight is 220 g/mol. The van der Waals surface area contributed by atoms with Gasteiger partial charge >= 0.3 is 0 Å². The molecule has 0 aliphatic rings. The van der Waals surface area contributed by atoms with Crippen LogP contribution >= 0.6 is 0 Å². The molecule has 0 aromatic carbocycles. The Kier molecular flexibility index (Phi) is 11.8. The molecule has 0 saturated heterocycles. The van der Waals surface area contributed by atoms with Crippen LogP contribution in [-0.4, -0.2) is 46.9 Å². The maximum Gasteiger partial charge on any atom is 0.157 e. The zero-order chi connectivity index (χ0) is 11.4. The van der Waals surface area contributed by atoms with E-state index in [9.17, 15) is 0 Å². The first-order valence-corrected chi connectivity index (χ1v) is 5.56. The topological polar surface area (TPSA) is 36.9 Å². The minimum atomic E-state index is -0.0845. The Bertz CT molecular complexity index is 107. The average Bonchev–Trinajstić information content (AvgIpc) is 2.27. The van der Waals surface area contributed by atoms with Gasteiger partial charge in [0, 0.05) is 27.4 Å². The van der Waals surface area contributed by atoms with Crippen molar-refractivity contribution in [2.75, 3.05) is 40.6 Å². The van der Waals surface area contributed by atoms with Crippen molar-refractivity contribution >= 4 is 0 Å². The van der Waals surface area contributed by atoms with Crippen molar-refractivity contribution in [1.82, 2.24) is 0 Å². The summed E-state index contributed by atoms with van der Waals surface area (Å²) in [5.41, 5.74) is 0. The van der Waals surface area contributed by atoms with Gasteiger partial charge in [0.05, 0.1) is 13.2 Å². The van der Waals surface area contributed by atoms with Crippen molar-refractivity contribution in [2.24, 2.45) is 0 Å². The molecule has 92 valence electrons. The third-order valence-electron chi connectivity index (χ3n) is 1.93. The molecular weight excluding hydrogens is 196 g/mol. The Morgan fingerprint density at radius 3 is 1.60 bits per heavy atom. The SMILES string of the molecule is CCC(OCCCOC)OCCCOC. The van der Waals surface area contributed by atoms with Crippen LogP contribution in [0.4, 0.5) is 0 Å². The second kappa shape index (κ2) is 11.9. The Hall–Kier alpha value is -0.160. The molecule has 0 fully saturated rings. The van der Waals surface area contributed by atoms with E-state index >= 15 is 0 Å². The molecule has 0 unspecified atom stereocenters. The van der Waals surface area contributed by atoms with E-state index in [0.717, 1.165) is 32.5 Å². The minimum absolute atomic E-state index is 0.0845. The van der Waals surface area contributed by atoms with Crippen molar-refractivity contribution in [3.8, 4) is 0 Å². The van der Waals surface area contributed by atoms with Crippen LogP contribution in [0, 0.1) is 0 Å². The van der Waals surface area contributed by atoms with Crippen molar-refractivity contribution in [3.63, 3.8) is 0 Å². The fraction of sp³-hybridized carbons (Fsp3) is 1.00. The van der Waals surface area contributed by atoms with Crippen LogP contribution in [-0.2, 0) is 18.9 Å². The lowest BCUT2D eigenvalue weighted by Gasteiger charge is -2.16. The number of ether oxygens (including phenoxy) is 4. The van der Waals surface area contributed by atoms with E-state index in [0.29, 0.717) is 13.2 Å². The summed E-state index contributed by atoms with van der Waals surface area (Å²) in [4.78, 5) is 0. The Labute approximate surface area is 92.8 Å². The molecular formula is C11H24O4. The highest BCUT2D eigenvalue weighted by atomic mass is 16.7. The fourth-order valence-corrected chi connectivity index (χ4v) is 1.12. The summed E-state index contributed by atoms with van der Waals surface area (Å²) in [6.07, 6.45) is 2.61. The maximum atomic E-state index is 5.53. The van der Waals surface area contributed by atoms with Gasteiger partial charge in [-0.05, 0) is 19.3 Å². The normalized spacial score (nSPS) is 11.2. The second-order valence-electron chi connectivity index (χ2n) is 3.27. The van der Waals surface area contributed by atoms with Crippen LogP contribution in [0.15, 0.2) is 0 Å². The van der Waals surface area contributed by atoms with Crippen molar-refractivity contribution in [3.05, 3.63) is 0 Å². The molecule has 0 radical (unpaired) electrons. The molecule has 15 heavy (non-hydrogen) atoms. The maximum absolute atomic E-state index is 5.53. The van der Waals surface area contributed by atoms with Crippen molar-refractivity contribution in [1.29, 1.82) is 0 Å². The van der Waals surface area contributed by atoms with E-state index < -0.39 is 0 Å². The van der Waals surface area contributed by atoms with Gasteiger partial charge in [0.25, 0.3) is 0 Å². The van der Waals surface area contributed by atoms with E-state index in [2.05, 4.69) is 6.92 Å². The molecule has 0 atom stereocenters. The van der Waals surface area contributed by atoms with Crippen LogP contribution < -0.4 is 0 Å². The van der Waals surface area contributed by atoms with Crippen LogP contribution in [0.3, 0.4) is 0 Å². The molecule has 0 spiro atoms. The van der Waals surface area contributed by atoms with Gasteiger partial charge in [0.2, 0.25) is 0 Å². The zero-order valence-corrected chi connectivity index (χ0v) is 10.2. The highest BCUT2D eigenvalue weighted by Gasteiger charge is 2.05. The summed E-state index contributed by atoms with van der Waals surface area (Å²) in [5, 5.41) is 0. The highest BCUT2D eigenvalue weighted by Crippen LogP contribution is 2.02. The fourth-order valence-electron chi connectivity index (χ4n) is 1.12. The lowest BCUT2D eigenvalue weighted by atomic mass is 10.4. The summed E-state index contributed by atoms with van der Waals surface area (Å²) in [5.74, 6) is 0. The van der Waals surface area contributed by atoms with Gasteiger partial charge in [-0.15, -0.1) is 0 Å². The molecule has 0 aliphatic heterocycles. The summed E-state index contributed by atoms with van der Waals surface area (Å²) < 4.78 is 20.9. The summed E-state index contributed by atoms with van der Waals surface area (Å²) >= 11 is 0. The molecule has 0 saturated carbocycles. The molecule has 0 aromatic heterocycles. The quantitative estimate of drug-likeness (QED) is 0.393. The lowest BCUT2D eigenvalue weighted by Crippen LogP contribution is -2.18. The van der Waals surface area contributed by atoms with Crippen molar-refractivity contribution < 1.29 is 18.9 Å². The summed E-state index contributed by atoms with van der Waals surface area (Å²) in [7, 11) is 3.39. The first-order chi connectivity index (χ1) is 7.35. The Morgan fingerprint density at radius 1 is 0.800 bits per heavy atom. The molecule has 0 rings (SSSR count). The summed E-state index contributed by atoms with van der Waals surface area (Å²) in [6, 6.07) is 0. The summed E-state index contributed by atoms with van der Waals surface area (Å²) in [6.45, 7) is 4.91. The molecule has 4 heteroatoms. The van der Waals surface area contributed by atoms with Crippen molar-refractivity contribution in [2.45, 2.75) is 32.5 Å². The smallest absolute Gasteiger partial charge is 0.157 e. The number of hydrogen-bond donors (Lipinski definition) is 0. The molecule has 0 aromatic rings. The molecule has 0 aliphatic carbocycles. The molecule has 4 nitrogen and oxygen atoms in total. The van der Waals surface area contributed by atoms with Crippen LogP contribution in [0.1, 0.15) is 26.2 Å². The standard InChI is InChI=1S/C11H24O4/c1-4-11(14-9-5-7-12-2)15-10-6-8-13-3/h11H,4-10H2,1-3H3. The second-order valence-corrected chi connectivity index (χ2v) is 3.27. The number of rotatable bonds is 11. The highest BCUT2D eigenvalue weighted by molar-refractivity contribution is 4.43. The van der Waals surface area contributed by atoms with Crippen LogP contribution in [0.25, 0.3) is 0 Å². The first-order valence-electron chi connectivity index (χ1n) is 5.56. The van der Waals surface area contributed by atoms with Gasteiger partial charge in [0.1, 0.15) is 0 Å². The first kappa shape index (κ1) is 14.8. The van der Waals surface area contributed by atoms with E-state index in [1.807, 2.05) is 0 Å².